The molecule has 0 saturated heterocycles. The lowest BCUT2D eigenvalue weighted by Crippen LogP contribution is -2.48. The number of benzene rings is 1. The van der Waals surface area contributed by atoms with Gasteiger partial charge < -0.3 is 9.64 Å². The number of hydrogen-bond donors (Lipinski definition) is 0. The number of nitrogens with zero attached hydrogens (tertiary/aromatic N) is 2. The molecule has 1 aromatic carbocycles. The molecule has 1 unspecified atom stereocenters. The molecule has 1 aliphatic rings. The van der Waals surface area contributed by atoms with Crippen LogP contribution in [-0.4, -0.2) is 29.3 Å². The van der Waals surface area contributed by atoms with Gasteiger partial charge in [0.05, 0.1) is 23.8 Å². The van der Waals surface area contributed by atoms with Crippen LogP contribution in [0.3, 0.4) is 0 Å². The van der Waals surface area contributed by atoms with E-state index in [0.717, 1.165) is 9.88 Å². The third-order valence-electron chi connectivity index (χ3n) is 3.74. The van der Waals surface area contributed by atoms with Crippen molar-refractivity contribution in [1.82, 2.24) is 4.98 Å². The maximum atomic E-state index is 12.8. The lowest BCUT2D eigenvalue weighted by molar-refractivity contribution is -0.149. The van der Waals surface area contributed by atoms with Crippen LogP contribution in [0.25, 0.3) is 0 Å². The molecule has 2 aromatic rings. The van der Waals surface area contributed by atoms with Gasteiger partial charge in [-0.2, -0.15) is 0 Å². The van der Waals surface area contributed by atoms with Crippen molar-refractivity contribution in [2.45, 2.75) is 20.4 Å². The van der Waals surface area contributed by atoms with Crippen molar-refractivity contribution < 1.29 is 19.1 Å². The zero-order valence-electron chi connectivity index (χ0n) is 13.3. The summed E-state index contributed by atoms with van der Waals surface area (Å²) in [4.78, 5) is 44.1. The summed E-state index contributed by atoms with van der Waals surface area (Å²) < 4.78 is 4.92. The molecular formula is C17H16N2O4S. The van der Waals surface area contributed by atoms with E-state index in [-0.39, 0.29) is 13.2 Å². The van der Waals surface area contributed by atoms with Crippen molar-refractivity contribution >= 4 is 34.7 Å². The van der Waals surface area contributed by atoms with E-state index in [1.165, 1.54) is 16.2 Å². The number of Topliss-reactive ketones (excluding diaryl/α,β-unsaturated/α-hetero) is 1. The van der Waals surface area contributed by atoms with Crippen molar-refractivity contribution in [2.24, 2.45) is 5.92 Å². The summed E-state index contributed by atoms with van der Waals surface area (Å²) in [5.41, 5.74) is 0.871. The Morgan fingerprint density at radius 2 is 2.08 bits per heavy atom. The second-order valence-electron chi connectivity index (χ2n) is 5.34. The van der Waals surface area contributed by atoms with Gasteiger partial charge in [-0.15, -0.1) is 11.3 Å². The number of esters is 1. The number of carbonyl (C=O) groups is 3. The Labute approximate surface area is 143 Å². The maximum Gasteiger partial charge on any atom is 0.326 e. The van der Waals surface area contributed by atoms with Crippen LogP contribution in [0.5, 0.6) is 0 Å². The quantitative estimate of drug-likeness (QED) is 0.629. The third kappa shape index (κ3) is 2.82. The molecule has 124 valence electrons. The van der Waals surface area contributed by atoms with Gasteiger partial charge in [0, 0.05) is 16.6 Å². The highest BCUT2D eigenvalue weighted by Gasteiger charge is 2.44. The molecule has 1 aromatic heterocycles. The molecular weight excluding hydrogens is 328 g/mol. The predicted octanol–water partition coefficient (Wildman–Crippen LogP) is 2.36. The van der Waals surface area contributed by atoms with Gasteiger partial charge >= 0.3 is 5.97 Å². The van der Waals surface area contributed by atoms with Gasteiger partial charge in [0.15, 0.2) is 11.7 Å². The highest BCUT2D eigenvalue weighted by atomic mass is 32.1. The average Bonchev–Trinajstić information content (AvgIpc) is 2.97. The zero-order chi connectivity index (χ0) is 17.3. The van der Waals surface area contributed by atoms with Crippen molar-refractivity contribution in [3.63, 3.8) is 0 Å². The highest BCUT2D eigenvalue weighted by molar-refractivity contribution is 7.11. The molecule has 0 spiro atoms. The molecule has 1 amide bonds. The number of rotatable bonds is 4. The van der Waals surface area contributed by atoms with E-state index in [1.807, 2.05) is 6.92 Å². The molecule has 0 radical (unpaired) electrons. The molecule has 0 saturated carbocycles. The lowest BCUT2D eigenvalue weighted by Gasteiger charge is -2.31. The Morgan fingerprint density at radius 3 is 2.75 bits per heavy atom. The van der Waals surface area contributed by atoms with Crippen LogP contribution in [0.15, 0.2) is 30.5 Å². The van der Waals surface area contributed by atoms with Crippen LogP contribution >= 0.6 is 11.3 Å². The van der Waals surface area contributed by atoms with Crippen molar-refractivity contribution in [3.8, 4) is 0 Å². The minimum atomic E-state index is -1.44. The Balaban J connectivity index is 2.02. The van der Waals surface area contributed by atoms with Crippen LogP contribution < -0.4 is 4.90 Å². The van der Waals surface area contributed by atoms with Gasteiger partial charge in [-0.05, 0) is 26.0 Å². The first-order valence-corrected chi connectivity index (χ1v) is 8.37. The Hall–Kier alpha value is -2.54. The molecule has 24 heavy (non-hydrogen) atoms. The van der Waals surface area contributed by atoms with Crippen molar-refractivity contribution in [2.75, 3.05) is 11.5 Å². The van der Waals surface area contributed by atoms with Gasteiger partial charge in [-0.1, -0.05) is 12.1 Å². The molecule has 0 N–H and O–H groups in total. The molecule has 1 aliphatic heterocycles. The van der Waals surface area contributed by atoms with Gasteiger partial charge in [0.1, 0.15) is 0 Å². The minimum Gasteiger partial charge on any atom is -0.465 e. The predicted molar refractivity (Wildman–Crippen MR) is 88.9 cm³/mol. The zero-order valence-corrected chi connectivity index (χ0v) is 14.1. The van der Waals surface area contributed by atoms with Crippen LogP contribution in [0, 0.1) is 12.8 Å². The minimum absolute atomic E-state index is 0.117. The van der Waals surface area contributed by atoms with E-state index in [4.69, 9.17) is 4.74 Å². The van der Waals surface area contributed by atoms with E-state index in [1.54, 1.807) is 37.4 Å². The first kappa shape index (κ1) is 16.3. The number of ether oxygens (including phenoxy) is 1. The van der Waals surface area contributed by atoms with Crippen LogP contribution in [0.2, 0.25) is 0 Å². The molecule has 7 heteroatoms. The van der Waals surface area contributed by atoms with E-state index in [9.17, 15) is 14.4 Å². The number of aryl methyl sites for hydroxylation is 1. The molecule has 1 atom stereocenters. The van der Waals surface area contributed by atoms with Crippen LogP contribution in [0.4, 0.5) is 5.69 Å². The fraction of sp³-hybridized carbons (Fsp3) is 0.294. The van der Waals surface area contributed by atoms with Gasteiger partial charge in [-0.25, -0.2) is 4.98 Å². The normalized spacial score (nSPS) is 16.9. The Kier molecular flexibility index (Phi) is 4.44. The second-order valence-corrected chi connectivity index (χ2v) is 6.66. The van der Waals surface area contributed by atoms with E-state index < -0.39 is 23.6 Å². The Morgan fingerprint density at radius 1 is 1.33 bits per heavy atom. The lowest BCUT2D eigenvalue weighted by atomic mass is 9.90. The fourth-order valence-electron chi connectivity index (χ4n) is 2.69. The number of ketones is 1. The van der Waals surface area contributed by atoms with E-state index >= 15 is 0 Å². The van der Waals surface area contributed by atoms with Crippen LogP contribution in [-0.2, 0) is 20.9 Å². The van der Waals surface area contributed by atoms with E-state index in [0.29, 0.717) is 11.3 Å². The van der Waals surface area contributed by atoms with E-state index in [2.05, 4.69) is 4.98 Å². The van der Waals surface area contributed by atoms with Crippen molar-refractivity contribution in [1.29, 1.82) is 0 Å². The summed E-state index contributed by atoms with van der Waals surface area (Å²) in [6, 6.07) is 6.81. The summed E-state index contributed by atoms with van der Waals surface area (Å²) >= 11 is 1.47. The first-order valence-electron chi connectivity index (χ1n) is 7.55. The number of carbonyl (C=O) groups excluding carboxylic acids is 3. The van der Waals surface area contributed by atoms with Crippen LogP contribution in [0.1, 0.15) is 27.2 Å². The summed E-state index contributed by atoms with van der Waals surface area (Å²) in [6.45, 7) is 3.91. The molecule has 2 heterocycles. The largest absolute Gasteiger partial charge is 0.465 e. The molecule has 0 bridgehead atoms. The fourth-order valence-corrected chi connectivity index (χ4v) is 3.47. The third-order valence-corrected chi connectivity index (χ3v) is 4.64. The number of fused-ring (bicyclic) bond motifs is 1. The van der Waals surface area contributed by atoms with Gasteiger partial charge in [-0.3, -0.25) is 14.4 Å². The summed E-state index contributed by atoms with van der Waals surface area (Å²) in [7, 11) is 0. The number of anilines is 1. The summed E-state index contributed by atoms with van der Waals surface area (Å²) in [5, 5.41) is 0.890. The highest BCUT2D eigenvalue weighted by Crippen LogP contribution is 2.33. The summed E-state index contributed by atoms with van der Waals surface area (Å²) in [5.74, 6) is -3.30. The first-order chi connectivity index (χ1) is 11.5. The van der Waals surface area contributed by atoms with Crippen molar-refractivity contribution in [3.05, 3.63) is 45.9 Å². The molecule has 6 nitrogen and oxygen atoms in total. The number of hydrogen-bond acceptors (Lipinski definition) is 6. The molecule has 0 fully saturated rings. The molecule has 3 rings (SSSR count). The standard InChI is InChI=1S/C17H16N2O4S/c1-3-23-17(22)14-15(20)12-6-4-5-7-13(12)19(16(14)21)9-11-8-18-10(2)24-11/h4-8,14H,3,9H2,1-2H3. The smallest absolute Gasteiger partial charge is 0.326 e. The topological polar surface area (TPSA) is 76.6 Å². The maximum absolute atomic E-state index is 12.8. The second kappa shape index (κ2) is 6.52. The monoisotopic (exact) mass is 344 g/mol. The van der Waals surface area contributed by atoms with Gasteiger partial charge in [0.25, 0.3) is 0 Å². The van der Waals surface area contributed by atoms with Gasteiger partial charge in [0.2, 0.25) is 5.91 Å². The summed E-state index contributed by atoms with van der Waals surface area (Å²) in [6.07, 6.45) is 1.70. The number of amides is 1. The SMILES string of the molecule is CCOC(=O)C1C(=O)c2ccccc2N(Cc2cnc(C)s2)C1=O. The molecule has 0 aliphatic carbocycles. The average molecular weight is 344 g/mol. The number of para-hydroxylation sites is 1. The Bertz CT molecular complexity index is 814. The number of aromatic nitrogens is 1. The number of thiazole rings is 1.